The number of hydrogen-bond acceptors (Lipinski definition) is 4. The Morgan fingerprint density at radius 2 is 2.24 bits per heavy atom. The lowest BCUT2D eigenvalue weighted by Crippen LogP contribution is -2.11. The first-order chi connectivity index (χ1) is 10.1. The van der Waals surface area contributed by atoms with Crippen LogP contribution in [0.15, 0.2) is 18.2 Å². The van der Waals surface area contributed by atoms with Crippen molar-refractivity contribution >= 4 is 29.2 Å². The van der Waals surface area contributed by atoms with E-state index in [1.807, 2.05) is 0 Å². The zero-order valence-electron chi connectivity index (χ0n) is 11.1. The summed E-state index contributed by atoms with van der Waals surface area (Å²) in [4.78, 5) is 11.7. The first-order valence-electron chi connectivity index (χ1n) is 6.16. The maximum Gasteiger partial charge on any atom is 0.360 e. The summed E-state index contributed by atoms with van der Waals surface area (Å²) in [5.74, 6) is -0.981. The van der Waals surface area contributed by atoms with Gasteiger partial charge in [-0.1, -0.05) is 16.8 Å². The second-order valence-corrected chi connectivity index (χ2v) is 4.81. The minimum absolute atomic E-state index is 0.0219. The van der Waals surface area contributed by atoms with Gasteiger partial charge in [0.2, 0.25) is 0 Å². The summed E-state index contributed by atoms with van der Waals surface area (Å²) in [6, 6.07) is 4.02. The molecular weight excluding hydrogens is 320 g/mol. The van der Waals surface area contributed by atoms with E-state index in [4.69, 9.17) is 27.9 Å². The highest BCUT2D eigenvalue weighted by Gasteiger charge is 2.20. The molecule has 1 aromatic heterocycles. The fourth-order valence-electron chi connectivity index (χ4n) is 1.78. The van der Waals surface area contributed by atoms with Crippen molar-refractivity contribution in [2.75, 3.05) is 6.61 Å². The Morgan fingerprint density at radius 3 is 2.90 bits per heavy atom. The van der Waals surface area contributed by atoms with Crippen molar-refractivity contribution in [3.63, 3.8) is 0 Å². The van der Waals surface area contributed by atoms with Gasteiger partial charge in [0, 0.05) is 5.02 Å². The maximum absolute atomic E-state index is 13.3. The standard InChI is InChI=1S/C13H12Cl2FN3O2/c1-2-21-13(20)12-11(6-14)19(18-17-12)7-8-5-9(16)3-4-10(8)15/h3-5H,2,6-7H2,1H3. The second-order valence-electron chi connectivity index (χ2n) is 4.13. The average molecular weight is 332 g/mol. The Kier molecular flexibility index (Phi) is 5.14. The Hall–Kier alpha value is -1.66. The molecule has 0 unspecified atom stereocenters. The second kappa shape index (κ2) is 6.87. The molecular formula is C13H12Cl2FN3O2. The van der Waals surface area contributed by atoms with E-state index in [1.165, 1.54) is 22.9 Å². The summed E-state index contributed by atoms with van der Waals surface area (Å²) in [6.07, 6.45) is 0. The zero-order chi connectivity index (χ0) is 15.4. The van der Waals surface area contributed by atoms with Gasteiger partial charge in [-0.3, -0.25) is 0 Å². The van der Waals surface area contributed by atoms with Gasteiger partial charge in [-0.25, -0.2) is 13.9 Å². The summed E-state index contributed by atoms with van der Waals surface area (Å²) in [5, 5.41) is 8.02. The van der Waals surface area contributed by atoms with Crippen molar-refractivity contribution in [3.05, 3.63) is 46.0 Å². The van der Waals surface area contributed by atoms with E-state index in [9.17, 15) is 9.18 Å². The molecule has 0 spiro atoms. The molecule has 0 aliphatic carbocycles. The Labute approximate surface area is 130 Å². The first-order valence-corrected chi connectivity index (χ1v) is 7.07. The molecule has 5 nitrogen and oxygen atoms in total. The number of alkyl halides is 1. The number of halogens is 3. The Morgan fingerprint density at radius 1 is 1.48 bits per heavy atom. The zero-order valence-corrected chi connectivity index (χ0v) is 12.7. The Balaban J connectivity index is 2.32. The van der Waals surface area contributed by atoms with E-state index in [1.54, 1.807) is 6.92 Å². The molecule has 1 heterocycles. The van der Waals surface area contributed by atoms with Gasteiger partial charge < -0.3 is 4.74 Å². The van der Waals surface area contributed by atoms with E-state index < -0.39 is 11.8 Å². The lowest BCUT2D eigenvalue weighted by Gasteiger charge is -2.07. The van der Waals surface area contributed by atoms with Crippen LogP contribution in [0.4, 0.5) is 4.39 Å². The minimum Gasteiger partial charge on any atom is -0.461 e. The highest BCUT2D eigenvalue weighted by atomic mass is 35.5. The number of aromatic nitrogens is 3. The number of hydrogen-bond donors (Lipinski definition) is 0. The number of nitrogens with zero attached hydrogens (tertiary/aromatic N) is 3. The summed E-state index contributed by atoms with van der Waals surface area (Å²) < 4.78 is 19.5. The van der Waals surface area contributed by atoms with Crippen molar-refractivity contribution in [2.45, 2.75) is 19.3 Å². The summed E-state index contributed by atoms with van der Waals surface area (Å²) >= 11 is 11.9. The smallest absolute Gasteiger partial charge is 0.360 e. The normalized spacial score (nSPS) is 10.7. The van der Waals surface area contributed by atoms with Gasteiger partial charge in [-0.15, -0.1) is 16.7 Å². The van der Waals surface area contributed by atoms with Crippen LogP contribution < -0.4 is 0 Å². The molecule has 0 atom stereocenters. The van der Waals surface area contributed by atoms with E-state index in [0.29, 0.717) is 16.3 Å². The minimum atomic E-state index is -0.593. The number of rotatable bonds is 5. The highest BCUT2D eigenvalue weighted by Crippen LogP contribution is 2.20. The molecule has 0 fully saturated rings. The molecule has 0 aliphatic rings. The van der Waals surface area contributed by atoms with Gasteiger partial charge >= 0.3 is 5.97 Å². The monoisotopic (exact) mass is 331 g/mol. The third-order valence-corrected chi connectivity index (χ3v) is 3.38. The predicted molar refractivity (Wildman–Crippen MR) is 76.0 cm³/mol. The highest BCUT2D eigenvalue weighted by molar-refractivity contribution is 6.31. The topological polar surface area (TPSA) is 57.0 Å². The van der Waals surface area contributed by atoms with E-state index >= 15 is 0 Å². The van der Waals surface area contributed by atoms with Crippen LogP contribution in [0.5, 0.6) is 0 Å². The molecule has 0 N–H and O–H groups in total. The van der Waals surface area contributed by atoms with Crippen molar-refractivity contribution in [2.24, 2.45) is 0 Å². The van der Waals surface area contributed by atoms with Crippen molar-refractivity contribution in [1.82, 2.24) is 15.0 Å². The molecule has 8 heteroatoms. The lowest BCUT2D eigenvalue weighted by molar-refractivity contribution is 0.0518. The van der Waals surface area contributed by atoms with Gasteiger partial charge in [-0.2, -0.15) is 0 Å². The van der Waals surface area contributed by atoms with Crippen molar-refractivity contribution in [3.8, 4) is 0 Å². The number of carbonyl (C=O) groups excluding carboxylic acids is 1. The van der Waals surface area contributed by atoms with Crippen LogP contribution in [-0.4, -0.2) is 27.6 Å². The SMILES string of the molecule is CCOC(=O)c1nnn(Cc2cc(F)ccc2Cl)c1CCl. The maximum atomic E-state index is 13.3. The number of carbonyl (C=O) groups is 1. The molecule has 1 aromatic carbocycles. The third kappa shape index (κ3) is 3.51. The first kappa shape index (κ1) is 15.7. The molecule has 0 aliphatic heterocycles. The van der Waals surface area contributed by atoms with Crippen LogP contribution in [-0.2, 0) is 17.2 Å². The number of ether oxygens (including phenoxy) is 1. The van der Waals surface area contributed by atoms with Crippen LogP contribution in [0.25, 0.3) is 0 Å². The molecule has 112 valence electrons. The van der Waals surface area contributed by atoms with Crippen molar-refractivity contribution in [1.29, 1.82) is 0 Å². The van der Waals surface area contributed by atoms with Crippen LogP contribution in [0.3, 0.4) is 0 Å². The van der Waals surface area contributed by atoms with Crippen LogP contribution in [0.1, 0.15) is 28.7 Å². The summed E-state index contributed by atoms with van der Waals surface area (Å²) in [5.41, 5.74) is 0.971. The van der Waals surface area contributed by atoms with E-state index in [0.717, 1.165) is 0 Å². The quantitative estimate of drug-likeness (QED) is 0.624. The molecule has 0 saturated carbocycles. The molecule has 2 aromatic rings. The molecule has 2 rings (SSSR count). The predicted octanol–water partition coefficient (Wildman–Crippen LogP) is 3.03. The Bertz CT molecular complexity index is 661. The average Bonchev–Trinajstić information content (AvgIpc) is 2.86. The molecule has 0 amide bonds. The van der Waals surface area contributed by atoms with Gasteiger partial charge in [-0.05, 0) is 30.7 Å². The summed E-state index contributed by atoms with van der Waals surface area (Å²) in [6.45, 7) is 2.07. The van der Waals surface area contributed by atoms with Crippen LogP contribution >= 0.6 is 23.2 Å². The van der Waals surface area contributed by atoms with E-state index in [2.05, 4.69) is 10.3 Å². The van der Waals surface area contributed by atoms with Gasteiger partial charge in [0.1, 0.15) is 5.82 Å². The van der Waals surface area contributed by atoms with Crippen LogP contribution in [0, 0.1) is 5.82 Å². The largest absolute Gasteiger partial charge is 0.461 e. The molecule has 21 heavy (non-hydrogen) atoms. The molecule has 0 saturated heterocycles. The molecule has 0 bridgehead atoms. The summed E-state index contributed by atoms with van der Waals surface area (Å²) in [7, 11) is 0. The van der Waals surface area contributed by atoms with Crippen molar-refractivity contribution < 1.29 is 13.9 Å². The fourth-order valence-corrected chi connectivity index (χ4v) is 2.22. The van der Waals surface area contributed by atoms with Gasteiger partial charge in [0.25, 0.3) is 0 Å². The number of esters is 1. The number of benzene rings is 1. The van der Waals surface area contributed by atoms with Gasteiger partial charge in [0.15, 0.2) is 5.69 Å². The fraction of sp³-hybridized carbons (Fsp3) is 0.308. The van der Waals surface area contributed by atoms with Gasteiger partial charge in [0.05, 0.1) is 24.7 Å². The lowest BCUT2D eigenvalue weighted by atomic mass is 10.2. The third-order valence-electron chi connectivity index (χ3n) is 2.76. The molecule has 0 radical (unpaired) electrons. The van der Waals surface area contributed by atoms with E-state index in [-0.39, 0.29) is 24.7 Å². The van der Waals surface area contributed by atoms with Crippen LogP contribution in [0.2, 0.25) is 5.02 Å².